The van der Waals surface area contributed by atoms with Crippen molar-refractivity contribution in [3.63, 3.8) is 0 Å². The van der Waals surface area contributed by atoms with E-state index in [1.807, 2.05) is 89.2 Å². The first-order valence-corrected chi connectivity index (χ1v) is 19.7. The number of carbonyl (C=O) groups excluding carboxylic acids is 2. The Labute approximate surface area is 307 Å². The van der Waals surface area contributed by atoms with Gasteiger partial charge in [0.2, 0.25) is 15.9 Å². The molecule has 9 nitrogen and oxygen atoms in total. The molecule has 0 saturated carbocycles. The fourth-order valence-corrected chi connectivity index (χ4v) is 7.85. The molecule has 0 saturated heterocycles. The molecular weight excluding hydrogens is 681 g/mol. The molecule has 0 radical (unpaired) electrons. The summed E-state index contributed by atoms with van der Waals surface area (Å²) in [5.74, 6) is 0.258. The predicted octanol–water partition coefficient (Wildman–Crippen LogP) is 6.57. The lowest BCUT2D eigenvalue weighted by molar-refractivity contribution is -0.124. The fraction of sp³-hybridized carbons (Fsp3) is 0.350. The van der Waals surface area contributed by atoms with Gasteiger partial charge in [-0.15, -0.1) is 11.8 Å². The highest BCUT2D eigenvalue weighted by molar-refractivity contribution is 8.00. The molecule has 272 valence electrons. The maximum absolute atomic E-state index is 13.6. The normalized spacial score (nSPS) is 13.8. The number of carbonyl (C=O) groups is 2. The van der Waals surface area contributed by atoms with Gasteiger partial charge < -0.3 is 20.7 Å². The second kappa shape index (κ2) is 17.9. The highest BCUT2D eigenvalue weighted by Gasteiger charge is 2.38. The Kier molecular flexibility index (Phi) is 13.9. The van der Waals surface area contributed by atoms with E-state index < -0.39 is 38.5 Å². The van der Waals surface area contributed by atoms with Crippen LogP contribution >= 0.6 is 11.8 Å². The Morgan fingerprint density at radius 3 is 1.73 bits per heavy atom. The van der Waals surface area contributed by atoms with Crippen LogP contribution in [0.15, 0.2) is 120 Å². The number of rotatable bonds is 16. The SMILES string of the molecule is CC[C@H](C)[C@H](NC[C@H](CSC(c1ccccc1)(c1ccccc1)c1ccccc1)NC(=O)OC(C)(C)C)C(=O)NCc1ccc(S(N)(=O)=O)cc1. The Balaban J connectivity index is 1.61. The molecular formula is C40H50N4O5S2. The van der Waals surface area contributed by atoms with E-state index in [4.69, 9.17) is 9.88 Å². The molecule has 0 aliphatic heterocycles. The van der Waals surface area contributed by atoms with E-state index in [1.165, 1.54) is 12.1 Å². The molecule has 0 unspecified atom stereocenters. The number of alkyl carbamates (subject to hydrolysis) is 1. The zero-order valence-corrected chi connectivity index (χ0v) is 31.6. The Morgan fingerprint density at radius 2 is 1.29 bits per heavy atom. The largest absolute Gasteiger partial charge is 0.444 e. The van der Waals surface area contributed by atoms with E-state index in [0.29, 0.717) is 12.3 Å². The minimum Gasteiger partial charge on any atom is -0.444 e. The number of benzene rings is 4. The van der Waals surface area contributed by atoms with Gasteiger partial charge in [0.25, 0.3) is 0 Å². The zero-order chi connectivity index (χ0) is 37.1. The first-order valence-electron chi connectivity index (χ1n) is 17.2. The number of primary sulfonamides is 1. The fourth-order valence-electron chi connectivity index (χ4n) is 5.77. The highest BCUT2D eigenvalue weighted by Crippen LogP contribution is 2.48. The lowest BCUT2D eigenvalue weighted by atomic mass is 9.84. The molecule has 0 spiro atoms. The molecule has 4 aromatic rings. The van der Waals surface area contributed by atoms with Crippen LogP contribution in [0, 0.1) is 5.92 Å². The van der Waals surface area contributed by atoms with Crippen molar-refractivity contribution >= 4 is 33.8 Å². The van der Waals surface area contributed by atoms with Crippen LogP contribution in [0.25, 0.3) is 0 Å². The van der Waals surface area contributed by atoms with E-state index in [1.54, 1.807) is 23.9 Å². The quantitative estimate of drug-likeness (QED) is 0.0957. The number of nitrogens with two attached hydrogens (primary N) is 1. The van der Waals surface area contributed by atoms with Crippen molar-refractivity contribution in [3.8, 4) is 0 Å². The topological polar surface area (TPSA) is 140 Å². The summed E-state index contributed by atoms with van der Waals surface area (Å²) in [5, 5.41) is 14.8. The van der Waals surface area contributed by atoms with Crippen LogP contribution < -0.4 is 21.1 Å². The molecule has 0 bridgehead atoms. The summed E-state index contributed by atoms with van der Waals surface area (Å²) in [6.45, 7) is 10.0. The van der Waals surface area contributed by atoms with Gasteiger partial charge in [-0.3, -0.25) is 4.79 Å². The van der Waals surface area contributed by atoms with E-state index in [9.17, 15) is 18.0 Å². The summed E-state index contributed by atoms with van der Waals surface area (Å²) < 4.78 is 28.4. The van der Waals surface area contributed by atoms with Crippen molar-refractivity contribution in [2.24, 2.45) is 11.1 Å². The third-order valence-corrected chi connectivity index (χ3v) is 11.2. The summed E-state index contributed by atoms with van der Waals surface area (Å²) in [6.07, 6.45) is 0.207. The standard InChI is InChI=1S/C40H50N4O5S2/c1-6-29(2)36(37(45)43-26-30-22-24-35(25-23-30)51(41,47)48)42-27-34(44-38(46)49-39(3,4)5)28-50-40(31-16-10-7-11-17-31,32-18-12-8-13-19-32)33-20-14-9-15-21-33/h7-25,29,34,36,42H,6,26-28H2,1-5H3,(H,43,45)(H,44,46)(H2,41,47,48)/t29-,34+,36-/m0/s1. The summed E-state index contributed by atoms with van der Waals surface area (Å²) in [5.41, 5.74) is 3.35. The van der Waals surface area contributed by atoms with E-state index >= 15 is 0 Å². The molecule has 0 heterocycles. The van der Waals surface area contributed by atoms with Crippen LogP contribution in [0.3, 0.4) is 0 Å². The van der Waals surface area contributed by atoms with Crippen molar-refractivity contribution in [1.29, 1.82) is 0 Å². The van der Waals surface area contributed by atoms with Crippen molar-refractivity contribution in [1.82, 2.24) is 16.0 Å². The Morgan fingerprint density at radius 1 is 0.804 bits per heavy atom. The van der Waals surface area contributed by atoms with Gasteiger partial charge in [0.05, 0.1) is 21.7 Å². The molecule has 4 aromatic carbocycles. The van der Waals surface area contributed by atoms with Gasteiger partial charge in [-0.25, -0.2) is 18.4 Å². The Hall–Kier alpha value is -4.16. The smallest absolute Gasteiger partial charge is 0.407 e. The van der Waals surface area contributed by atoms with Gasteiger partial charge >= 0.3 is 6.09 Å². The molecule has 2 amide bonds. The number of amides is 2. The first kappa shape index (κ1) is 39.6. The molecule has 51 heavy (non-hydrogen) atoms. The summed E-state index contributed by atoms with van der Waals surface area (Å²) in [4.78, 5) is 26.9. The summed E-state index contributed by atoms with van der Waals surface area (Å²) in [6, 6.07) is 36.2. The Bertz CT molecular complexity index is 1700. The van der Waals surface area contributed by atoms with Gasteiger partial charge in [0.1, 0.15) is 5.60 Å². The average molecular weight is 731 g/mol. The zero-order valence-electron chi connectivity index (χ0n) is 30.0. The van der Waals surface area contributed by atoms with Crippen LogP contribution in [0.2, 0.25) is 0 Å². The molecule has 0 fully saturated rings. The van der Waals surface area contributed by atoms with E-state index in [-0.39, 0.29) is 23.3 Å². The van der Waals surface area contributed by atoms with Crippen LogP contribution in [0.4, 0.5) is 4.79 Å². The molecule has 3 atom stereocenters. The molecule has 0 aliphatic rings. The van der Waals surface area contributed by atoms with E-state index in [2.05, 4.69) is 52.3 Å². The second-order valence-corrected chi connectivity index (χ2v) is 16.4. The van der Waals surface area contributed by atoms with Crippen LogP contribution in [0.5, 0.6) is 0 Å². The van der Waals surface area contributed by atoms with E-state index in [0.717, 1.165) is 28.7 Å². The lowest BCUT2D eigenvalue weighted by Gasteiger charge is -2.37. The van der Waals surface area contributed by atoms with Gasteiger partial charge in [-0.05, 0) is 61.1 Å². The summed E-state index contributed by atoms with van der Waals surface area (Å²) >= 11 is 1.72. The number of thioether (sulfide) groups is 1. The number of sulfonamides is 1. The number of ether oxygens (including phenoxy) is 1. The number of hydrogen-bond donors (Lipinski definition) is 4. The van der Waals surface area contributed by atoms with Crippen molar-refractivity contribution < 1.29 is 22.7 Å². The van der Waals surface area contributed by atoms with Gasteiger partial charge in [-0.2, -0.15) is 0 Å². The maximum atomic E-state index is 13.6. The summed E-state index contributed by atoms with van der Waals surface area (Å²) in [7, 11) is -3.81. The first-order chi connectivity index (χ1) is 24.2. The maximum Gasteiger partial charge on any atom is 0.407 e. The van der Waals surface area contributed by atoms with Gasteiger partial charge in [0, 0.05) is 18.8 Å². The van der Waals surface area contributed by atoms with Crippen molar-refractivity contribution in [3.05, 3.63) is 138 Å². The minimum atomic E-state index is -3.81. The van der Waals surface area contributed by atoms with Gasteiger partial charge in [-0.1, -0.05) is 123 Å². The minimum absolute atomic E-state index is 0.00827. The predicted molar refractivity (Wildman–Crippen MR) is 206 cm³/mol. The second-order valence-electron chi connectivity index (χ2n) is 13.6. The van der Waals surface area contributed by atoms with Gasteiger partial charge in [0.15, 0.2) is 0 Å². The number of hydrogen-bond acceptors (Lipinski definition) is 7. The average Bonchev–Trinajstić information content (AvgIpc) is 3.11. The third kappa shape index (κ3) is 11.2. The molecule has 0 aliphatic carbocycles. The lowest BCUT2D eigenvalue weighted by Crippen LogP contribution is -2.53. The van der Waals surface area contributed by atoms with Crippen LogP contribution in [-0.4, -0.2) is 50.4 Å². The van der Waals surface area contributed by atoms with Crippen molar-refractivity contribution in [2.45, 2.75) is 74.9 Å². The third-order valence-electron chi connectivity index (χ3n) is 8.56. The van der Waals surface area contributed by atoms with Crippen LogP contribution in [-0.2, 0) is 30.8 Å². The highest BCUT2D eigenvalue weighted by atomic mass is 32.2. The molecule has 4 rings (SSSR count). The number of nitrogens with one attached hydrogen (secondary N) is 3. The molecule has 0 aromatic heterocycles. The monoisotopic (exact) mass is 730 g/mol. The molecule has 5 N–H and O–H groups in total. The van der Waals surface area contributed by atoms with Crippen molar-refractivity contribution in [2.75, 3.05) is 12.3 Å². The van der Waals surface area contributed by atoms with Crippen LogP contribution in [0.1, 0.15) is 63.3 Å². The molecule has 11 heteroatoms.